The Hall–Kier alpha value is -2.15. The first-order valence-electron chi connectivity index (χ1n) is 9.53. The van der Waals surface area contributed by atoms with Crippen molar-refractivity contribution in [3.8, 4) is 11.1 Å². The SMILES string of the molecule is CCCCCc1ccc2c(F)c(-c3ccc(CCC)cc3)ccc2c1. The maximum Gasteiger partial charge on any atom is 0.138 e. The molecule has 0 aromatic heterocycles. The van der Waals surface area contributed by atoms with Crippen LogP contribution in [0.5, 0.6) is 0 Å². The van der Waals surface area contributed by atoms with E-state index in [-0.39, 0.29) is 5.82 Å². The van der Waals surface area contributed by atoms with Crippen molar-refractivity contribution in [2.24, 2.45) is 0 Å². The van der Waals surface area contributed by atoms with Crippen molar-refractivity contribution in [1.29, 1.82) is 0 Å². The Labute approximate surface area is 150 Å². The van der Waals surface area contributed by atoms with Crippen molar-refractivity contribution >= 4 is 10.8 Å². The highest BCUT2D eigenvalue weighted by Gasteiger charge is 2.10. The Bertz CT molecular complexity index is 831. The number of hydrogen-bond acceptors (Lipinski definition) is 0. The standard InChI is InChI=1S/C24H27F/c1-3-5-6-8-19-11-15-23-21(17-19)14-16-22(24(23)25)20-12-9-18(7-4-2)10-13-20/h9-17H,3-8H2,1-2H3. The van der Waals surface area contributed by atoms with Crippen molar-refractivity contribution in [2.75, 3.05) is 0 Å². The summed E-state index contributed by atoms with van der Waals surface area (Å²) < 4.78 is 15.0. The Balaban J connectivity index is 1.90. The summed E-state index contributed by atoms with van der Waals surface area (Å²) in [5, 5.41) is 1.72. The van der Waals surface area contributed by atoms with Crippen LogP contribution in [0.4, 0.5) is 4.39 Å². The van der Waals surface area contributed by atoms with Crippen molar-refractivity contribution in [1.82, 2.24) is 0 Å². The third-order valence-electron chi connectivity index (χ3n) is 4.89. The molecule has 0 aliphatic heterocycles. The number of unbranched alkanes of at least 4 members (excludes halogenated alkanes) is 2. The molecular formula is C24H27F. The zero-order valence-corrected chi connectivity index (χ0v) is 15.3. The van der Waals surface area contributed by atoms with E-state index in [0.29, 0.717) is 5.56 Å². The van der Waals surface area contributed by atoms with Gasteiger partial charge in [-0.1, -0.05) is 87.7 Å². The Morgan fingerprint density at radius 2 is 1.48 bits per heavy atom. The Morgan fingerprint density at radius 3 is 2.20 bits per heavy atom. The molecule has 25 heavy (non-hydrogen) atoms. The molecular weight excluding hydrogens is 307 g/mol. The van der Waals surface area contributed by atoms with E-state index in [9.17, 15) is 0 Å². The summed E-state index contributed by atoms with van der Waals surface area (Å²) in [5.41, 5.74) is 4.25. The Kier molecular flexibility index (Phi) is 5.86. The van der Waals surface area contributed by atoms with E-state index >= 15 is 4.39 Å². The molecule has 0 fully saturated rings. The number of benzene rings is 3. The zero-order valence-electron chi connectivity index (χ0n) is 15.3. The first-order valence-corrected chi connectivity index (χ1v) is 9.53. The van der Waals surface area contributed by atoms with Crippen LogP contribution in [0.3, 0.4) is 0 Å². The number of aryl methyl sites for hydroxylation is 2. The van der Waals surface area contributed by atoms with Gasteiger partial charge in [-0.15, -0.1) is 0 Å². The highest BCUT2D eigenvalue weighted by Crippen LogP contribution is 2.30. The van der Waals surface area contributed by atoms with E-state index in [1.165, 1.54) is 30.4 Å². The van der Waals surface area contributed by atoms with Crippen molar-refractivity contribution < 1.29 is 4.39 Å². The molecule has 0 N–H and O–H groups in total. The van der Waals surface area contributed by atoms with E-state index in [1.54, 1.807) is 0 Å². The fraction of sp³-hybridized carbons (Fsp3) is 0.333. The molecule has 0 heterocycles. The van der Waals surface area contributed by atoms with Gasteiger partial charge in [0.05, 0.1) is 0 Å². The van der Waals surface area contributed by atoms with Gasteiger partial charge in [-0.05, 0) is 41.3 Å². The van der Waals surface area contributed by atoms with Gasteiger partial charge in [-0.25, -0.2) is 4.39 Å². The van der Waals surface area contributed by atoms with E-state index in [1.807, 2.05) is 24.3 Å². The summed E-state index contributed by atoms with van der Waals surface area (Å²) in [6, 6.07) is 18.4. The lowest BCUT2D eigenvalue weighted by molar-refractivity contribution is 0.643. The van der Waals surface area contributed by atoms with Crippen LogP contribution in [0.2, 0.25) is 0 Å². The van der Waals surface area contributed by atoms with E-state index in [4.69, 9.17) is 0 Å². The van der Waals surface area contributed by atoms with Crippen LogP contribution >= 0.6 is 0 Å². The zero-order chi connectivity index (χ0) is 17.6. The summed E-state index contributed by atoms with van der Waals surface area (Å²) in [6.07, 6.45) is 6.95. The molecule has 0 amide bonds. The topological polar surface area (TPSA) is 0 Å². The molecule has 0 spiro atoms. The van der Waals surface area contributed by atoms with Gasteiger partial charge in [0.1, 0.15) is 5.82 Å². The van der Waals surface area contributed by atoms with Gasteiger partial charge in [0.2, 0.25) is 0 Å². The number of fused-ring (bicyclic) bond motifs is 1. The normalized spacial score (nSPS) is 11.2. The van der Waals surface area contributed by atoms with Crippen LogP contribution in [-0.4, -0.2) is 0 Å². The molecule has 0 aliphatic carbocycles. The van der Waals surface area contributed by atoms with Gasteiger partial charge in [-0.3, -0.25) is 0 Å². The predicted molar refractivity (Wildman–Crippen MR) is 107 cm³/mol. The predicted octanol–water partition coefficient (Wildman–Crippen LogP) is 7.33. The van der Waals surface area contributed by atoms with Crippen molar-refractivity contribution in [3.05, 3.63) is 71.5 Å². The minimum absolute atomic E-state index is 0.110. The molecule has 0 nitrogen and oxygen atoms in total. The molecule has 0 bridgehead atoms. The molecule has 1 heteroatoms. The van der Waals surface area contributed by atoms with Crippen LogP contribution in [0, 0.1) is 5.82 Å². The maximum atomic E-state index is 15.0. The van der Waals surface area contributed by atoms with Gasteiger partial charge in [-0.2, -0.15) is 0 Å². The highest BCUT2D eigenvalue weighted by atomic mass is 19.1. The second-order valence-corrected chi connectivity index (χ2v) is 6.89. The van der Waals surface area contributed by atoms with E-state index < -0.39 is 0 Å². The van der Waals surface area contributed by atoms with Crippen LogP contribution in [0.1, 0.15) is 50.7 Å². The van der Waals surface area contributed by atoms with Gasteiger partial charge < -0.3 is 0 Å². The molecule has 130 valence electrons. The summed E-state index contributed by atoms with van der Waals surface area (Å²) in [6.45, 7) is 4.39. The molecule has 0 unspecified atom stereocenters. The monoisotopic (exact) mass is 334 g/mol. The van der Waals surface area contributed by atoms with Gasteiger partial charge >= 0.3 is 0 Å². The minimum Gasteiger partial charge on any atom is -0.206 e. The summed E-state index contributed by atoms with van der Waals surface area (Å²) in [7, 11) is 0. The first-order chi connectivity index (χ1) is 12.2. The molecule has 0 saturated carbocycles. The van der Waals surface area contributed by atoms with E-state index in [0.717, 1.165) is 35.6 Å². The quantitative estimate of drug-likeness (QED) is 0.397. The van der Waals surface area contributed by atoms with Crippen molar-refractivity contribution in [2.45, 2.75) is 52.4 Å². The lowest BCUT2D eigenvalue weighted by Crippen LogP contribution is -1.91. The summed E-state index contributed by atoms with van der Waals surface area (Å²) >= 11 is 0. The highest BCUT2D eigenvalue weighted by molar-refractivity contribution is 5.88. The largest absolute Gasteiger partial charge is 0.206 e. The average molecular weight is 334 g/mol. The molecule has 0 atom stereocenters. The second-order valence-electron chi connectivity index (χ2n) is 6.89. The van der Waals surface area contributed by atoms with Gasteiger partial charge in [0.25, 0.3) is 0 Å². The molecule has 0 saturated heterocycles. The average Bonchev–Trinajstić information content (AvgIpc) is 2.63. The third-order valence-corrected chi connectivity index (χ3v) is 4.89. The maximum absolute atomic E-state index is 15.0. The van der Waals surface area contributed by atoms with Gasteiger partial charge in [0.15, 0.2) is 0 Å². The van der Waals surface area contributed by atoms with E-state index in [2.05, 4.69) is 44.2 Å². The van der Waals surface area contributed by atoms with Crippen LogP contribution < -0.4 is 0 Å². The molecule has 3 rings (SSSR count). The van der Waals surface area contributed by atoms with Crippen LogP contribution in [-0.2, 0) is 12.8 Å². The summed E-state index contributed by atoms with van der Waals surface area (Å²) in [5.74, 6) is -0.110. The number of hydrogen-bond donors (Lipinski definition) is 0. The fourth-order valence-electron chi connectivity index (χ4n) is 3.44. The van der Waals surface area contributed by atoms with Gasteiger partial charge in [0, 0.05) is 10.9 Å². The minimum atomic E-state index is -0.110. The lowest BCUT2D eigenvalue weighted by atomic mass is 9.96. The fourth-order valence-corrected chi connectivity index (χ4v) is 3.44. The molecule has 0 radical (unpaired) electrons. The second kappa shape index (κ2) is 8.29. The first kappa shape index (κ1) is 17.7. The Morgan fingerprint density at radius 1 is 0.720 bits per heavy atom. The number of halogens is 1. The smallest absolute Gasteiger partial charge is 0.138 e. The molecule has 0 aliphatic rings. The van der Waals surface area contributed by atoms with Crippen LogP contribution in [0.15, 0.2) is 54.6 Å². The molecule has 3 aromatic rings. The van der Waals surface area contributed by atoms with Crippen molar-refractivity contribution in [3.63, 3.8) is 0 Å². The lowest BCUT2D eigenvalue weighted by Gasteiger charge is -2.09. The third kappa shape index (κ3) is 4.10. The van der Waals surface area contributed by atoms with Crippen LogP contribution in [0.25, 0.3) is 21.9 Å². The molecule has 3 aromatic carbocycles. The summed E-state index contributed by atoms with van der Waals surface area (Å²) in [4.78, 5) is 0. The number of rotatable bonds is 7.